The molecule has 9 heteroatoms. The van der Waals surface area contributed by atoms with E-state index in [1.807, 2.05) is 0 Å². The van der Waals surface area contributed by atoms with E-state index in [9.17, 15) is 14.8 Å². The van der Waals surface area contributed by atoms with Gasteiger partial charge in [0.2, 0.25) is 0 Å². The topological polar surface area (TPSA) is 108 Å². The van der Waals surface area contributed by atoms with Crippen molar-refractivity contribution in [3.05, 3.63) is 0 Å². The molecule has 0 aromatic carbocycles. The lowest BCUT2D eigenvalue weighted by atomic mass is 10.1. The third-order valence-corrected chi connectivity index (χ3v) is 5.87. The van der Waals surface area contributed by atoms with E-state index in [2.05, 4.69) is 13.8 Å². The van der Waals surface area contributed by atoms with Crippen LogP contribution in [0, 0.1) is 5.92 Å². The zero-order valence-electron chi connectivity index (χ0n) is 19.5. The quantitative estimate of drug-likeness (QED) is 0.126. The molecule has 8 nitrogen and oxygen atoms in total. The van der Waals surface area contributed by atoms with Gasteiger partial charge in [0.15, 0.2) is 0 Å². The van der Waals surface area contributed by atoms with Crippen LogP contribution in [0.15, 0.2) is 0 Å². The highest BCUT2D eigenvalue weighted by atomic mass is 31.2. The van der Waals surface area contributed by atoms with Crippen molar-refractivity contribution in [1.82, 2.24) is 0 Å². The fourth-order valence-corrected chi connectivity index (χ4v) is 3.51. The maximum Gasteiger partial charge on any atom is 0.330 e. The fraction of sp³-hybridized carbons (Fsp3) is 0.952. The number of rotatable bonds is 20. The van der Waals surface area contributed by atoms with Crippen molar-refractivity contribution in [2.45, 2.75) is 84.0 Å². The number of unbranched alkanes of at least 4 members (excludes halogenated alkanes) is 5. The van der Waals surface area contributed by atoms with Crippen LogP contribution in [0.25, 0.3) is 0 Å². The number of nitrogens with zero attached hydrogens (tertiary/aromatic N) is 1. The highest BCUT2D eigenvalue weighted by Crippen LogP contribution is 2.36. The van der Waals surface area contributed by atoms with E-state index in [0.29, 0.717) is 6.61 Å². The Hall–Kier alpha value is -0.340. The summed E-state index contributed by atoms with van der Waals surface area (Å²) >= 11 is 0. The molecule has 0 saturated heterocycles. The van der Waals surface area contributed by atoms with E-state index in [1.54, 1.807) is 21.1 Å². The number of carbonyl (C=O) groups is 1. The molecule has 0 spiro atoms. The molecule has 0 fully saturated rings. The number of hydrogen-bond acceptors (Lipinski definition) is 6. The summed E-state index contributed by atoms with van der Waals surface area (Å²) in [7, 11) is 2.72. The molecular formula is C21H44NO7P. The van der Waals surface area contributed by atoms with Crippen LogP contribution in [-0.2, 0) is 18.6 Å². The average Bonchev–Trinajstić information content (AvgIpc) is 2.66. The summed E-state index contributed by atoms with van der Waals surface area (Å²) in [5.74, 6) is -0.404. The molecule has 2 N–H and O–H groups in total. The molecule has 0 aliphatic carbocycles. The minimum absolute atomic E-state index is 0.00990. The summed E-state index contributed by atoms with van der Waals surface area (Å²) in [6.07, 6.45) is 5.62. The van der Waals surface area contributed by atoms with E-state index < -0.39 is 33.3 Å². The predicted molar refractivity (Wildman–Crippen MR) is 117 cm³/mol. The van der Waals surface area contributed by atoms with Gasteiger partial charge < -0.3 is 33.4 Å². The second-order valence-corrected chi connectivity index (χ2v) is 9.80. The van der Waals surface area contributed by atoms with E-state index in [1.165, 1.54) is 6.42 Å². The van der Waals surface area contributed by atoms with Crippen LogP contribution in [0.3, 0.4) is 0 Å². The standard InChI is InChI=1S/C21H44NO7P/c1-6-18(2)13-16-27-14-11-9-7-8-10-12-15-28-30(26)29-19(17-20(23)24)21(25)22(3,4)5/h18-19,21,26H,6-17H2,1-5H3,(H,23,24). The number of carboxylic acid groups (broad SMARTS) is 1. The fourth-order valence-electron chi connectivity index (χ4n) is 2.75. The molecule has 0 amide bonds. The minimum Gasteiger partial charge on any atom is -0.804 e. The third kappa shape index (κ3) is 16.4. The van der Waals surface area contributed by atoms with Crippen LogP contribution in [0.4, 0.5) is 0 Å². The first-order valence-corrected chi connectivity index (χ1v) is 12.3. The monoisotopic (exact) mass is 453 g/mol. The first kappa shape index (κ1) is 29.7. The van der Waals surface area contributed by atoms with Gasteiger partial charge in [0, 0.05) is 19.4 Å². The van der Waals surface area contributed by atoms with Gasteiger partial charge in [0.1, 0.15) is 6.10 Å². The lowest BCUT2D eigenvalue weighted by Crippen LogP contribution is -2.60. The Bertz CT molecular complexity index is 434. The van der Waals surface area contributed by atoms with Crippen LogP contribution < -0.4 is 5.11 Å². The summed E-state index contributed by atoms with van der Waals surface area (Å²) in [5, 5.41) is 21.3. The van der Waals surface area contributed by atoms with Gasteiger partial charge in [-0.05, 0) is 25.2 Å². The van der Waals surface area contributed by atoms with Crippen molar-refractivity contribution < 1.29 is 38.2 Å². The maximum absolute atomic E-state index is 12.3. The van der Waals surface area contributed by atoms with Crippen LogP contribution in [0.1, 0.15) is 71.6 Å². The van der Waals surface area contributed by atoms with Gasteiger partial charge in [-0.2, -0.15) is 0 Å². The Morgan fingerprint density at radius 2 is 1.60 bits per heavy atom. The van der Waals surface area contributed by atoms with E-state index >= 15 is 0 Å². The Labute approximate surface area is 184 Å². The molecule has 4 atom stereocenters. The summed E-state index contributed by atoms with van der Waals surface area (Å²) in [6, 6.07) is 0. The molecule has 0 aromatic heterocycles. The van der Waals surface area contributed by atoms with Gasteiger partial charge in [-0.25, -0.2) is 0 Å². The van der Waals surface area contributed by atoms with Gasteiger partial charge in [-0.15, -0.1) is 0 Å². The molecule has 0 aromatic rings. The molecule has 0 heterocycles. The number of quaternary nitrogens is 1. The summed E-state index contributed by atoms with van der Waals surface area (Å²) in [4.78, 5) is 20.9. The number of carboxylic acids is 1. The van der Waals surface area contributed by atoms with Gasteiger partial charge >= 0.3 is 14.6 Å². The molecule has 0 bridgehead atoms. The van der Waals surface area contributed by atoms with Gasteiger partial charge in [-0.1, -0.05) is 46.0 Å². The van der Waals surface area contributed by atoms with Crippen molar-refractivity contribution in [3.8, 4) is 0 Å². The average molecular weight is 454 g/mol. The molecule has 30 heavy (non-hydrogen) atoms. The third-order valence-electron chi connectivity index (χ3n) is 5.02. The summed E-state index contributed by atoms with van der Waals surface area (Å²) in [5.41, 5.74) is 0. The first-order chi connectivity index (χ1) is 14.1. The van der Waals surface area contributed by atoms with Crippen LogP contribution >= 0.6 is 8.60 Å². The number of hydrogen-bond donors (Lipinski definition) is 2. The minimum atomic E-state index is -2.26. The number of aliphatic carboxylic acids is 1. The molecule has 0 aliphatic heterocycles. The number of ether oxygens (including phenoxy) is 1. The lowest BCUT2D eigenvalue weighted by molar-refractivity contribution is -0.973. The zero-order chi connectivity index (χ0) is 23.0. The SMILES string of the molecule is CCC(C)CCOCCCCCCCCOP(O)OC(CC(=O)O)C([O-])[N+](C)(C)C. The largest absolute Gasteiger partial charge is 0.804 e. The van der Waals surface area contributed by atoms with Crippen molar-refractivity contribution in [2.75, 3.05) is 41.0 Å². The second kappa shape index (κ2) is 17.2. The van der Waals surface area contributed by atoms with E-state index in [0.717, 1.165) is 64.1 Å². The maximum atomic E-state index is 12.3. The second-order valence-electron chi connectivity index (χ2n) is 8.86. The molecule has 0 radical (unpaired) electrons. The highest BCUT2D eigenvalue weighted by Gasteiger charge is 2.29. The summed E-state index contributed by atoms with van der Waals surface area (Å²) in [6.45, 7) is 6.47. The van der Waals surface area contributed by atoms with Crippen LogP contribution in [0.2, 0.25) is 0 Å². The highest BCUT2D eigenvalue weighted by molar-refractivity contribution is 7.40. The molecule has 180 valence electrons. The van der Waals surface area contributed by atoms with Crippen molar-refractivity contribution in [1.29, 1.82) is 0 Å². The van der Waals surface area contributed by atoms with E-state index in [-0.39, 0.29) is 4.48 Å². The van der Waals surface area contributed by atoms with Crippen LogP contribution in [-0.4, -0.2) is 73.7 Å². The Morgan fingerprint density at radius 3 is 2.13 bits per heavy atom. The van der Waals surface area contributed by atoms with Crippen molar-refractivity contribution >= 4 is 14.6 Å². The van der Waals surface area contributed by atoms with Gasteiger partial charge in [0.25, 0.3) is 0 Å². The molecule has 0 saturated carbocycles. The Kier molecular flexibility index (Phi) is 17.0. The Balaban J connectivity index is 3.76. The zero-order valence-corrected chi connectivity index (χ0v) is 20.4. The normalized spacial score (nSPS) is 16.2. The molecule has 0 aliphatic rings. The van der Waals surface area contributed by atoms with E-state index in [4.69, 9.17) is 18.9 Å². The van der Waals surface area contributed by atoms with Crippen molar-refractivity contribution in [3.63, 3.8) is 0 Å². The molecular weight excluding hydrogens is 409 g/mol. The Morgan fingerprint density at radius 1 is 1.03 bits per heavy atom. The van der Waals surface area contributed by atoms with Crippen molar-refractivity contribution in [2.24, 2.45) is 5.92 Å². The number of likely N-dealkylation sites (N-methyl/N-ethyl adjacent to an activating group) is 1. The first-order valence-electron chi connectivity index (χ1n) is 11.1. The molecule has 4 unspecified atom stereocenters. The van der Waals surface area contributed by atoms with Gasteiger partial charge in [0.05, 0.1) is 34.2 Å². The summed E-state index contributed by atoms with van der Waals surface area (Å²) < 4.78 is 16.1. The van der Waals surface area contributed by atoms with Gasteiger partial charge in [-0.3, -0.25) is 4.79 Å². The lowest BCUT2D eigenvalue weighted by Gasteiger charge is -2.42. The van der Waals surface area contributed by atoms with Crippen LogP contribution in [0.5, 0.6) is 0 Å². The predicted octanol–water partition coefficient (Wildman–Crippen LogP) is 3.27. The smallest absolute Gasteiger partial charge is 0.330 e. The molecule has 0 rings (SSSR count).